The number of hydrogen-bond acceptors (Lipinski definition) is 2. The van der Waals surface area contributed by atoms with Gasteiger partial charge in [-0.05, 0) is 32.1 Å². The van der Waals surface area contributed by atoms with E-state index in [1.165, 1.54) is 19.3 Å². The van der Waals surface area contributed by atoms with E-state index in [2.05, 4.69) is 5.32 Å². The Morgan fingerprint density at radius 1 is 1.00 bits per heavy atom. The summed E-state index contributed by atoms with van der Waals surface area (Å²) in [6.45, 7) is 0. The van der Waals surface area contributed by atoms with Gasteiger partial charge < -0.3 is 10.4 Å². The van der Waals surface area contributed by atoms with Crippen LogP contribution in [0.4, 0.5) is 0 Å². The van der Waals surface area contributed by atoms with Gasteiger partial charge in [-0.1, -0.05) is 19.3 Å². The highest BCUT2D eigenvalue weighted by Gasteiger charge is 2.29. The number of aliphatic hydroxyl groups excluding tert-OH is 1. The summed E-state index contributed by atoms with van der Waals surface area (Å²) < 4.78 is 0. The standard InChI is InChI=1S/C12H21NO2/c14-11-8-4-7-10(11)13-12(15)9-5-2-1-3-6-9/h9-11,14H,1-8H2,(H,13,15). The van der Waals surface area contributed by atoms with E-state index in [1.54, 1.807) is 0 Å². The van der Waals surface area contributed by atoms with Crippen LogP contribution >= 0.6 is 0 Å². The predicted octanol–water partition coefficient (Wildman–Crippen LogP) is 1.60. The van der Waals surface area contributed by atoms with Crippen LogP contribution < -0.4 is 5.32 Å². The summed E-state index contributed by atoms with van der Waals surface area (Å²) in [4.78, 5) is 11.9. The molecule has 15 heavy (non-hydrogen) atoms. The number of hydrogen-bond donors (Lipinski definition) is 2. The molecule has 86 valence electrons. The van der Waals surface area contributed by atoms with Gasteiger partial charge in [0.1, 0.15) is 0 Å². The van der Waals surface area contributed by atoms with E-state index in [1.807, 2.05) is 0 Å². The lowest BCUT2D eigenvalue weighted by Gasteiger charge is -2.24. The van der Waals surface area contributed by atoms with E-state index in [4.69, 9.17) is 0 Å². The van der Waals surface area contributed by atoms with E-state index in [0.29, 0.717) is 0 Å². The highest BCUT2D eigenvalue weighted by molar-refractivity contribution is 5.79. The van der Waals surface area contributed by atoms with Gasteiger partial charge in [-0.15, -0.1) is 0 Å². The van der Waals surface area contributed by atoms with Crippen molar-refractivity contribution >= 4 is 5.91 Å². The first-order valence-corrected chi connectivity index (χ1v) is 6.26. The molecular weight excluding hydrogens is 190 g/mol. The molecule has 0 aromatic carbocycles. The fraction of sp³-hybridized carbons (Fsp3) is 0.917. The van der Waals surface area contributed by atoms with Crippen LogP contribution in [0.1, 0.15) is 51.4 Å². The van der Waals surface area contributed by atoms with E-state index < -0.39 is 0 Å². The second kappa shape index (κ2) is 4.97. The SMILES string of the molecule is O=C(NC1CCCC1O)C1CCCCC1. The van der Waals surface area contributed by atoms with Crippen LogP contribution in [0.5, 0.6) is 0 Å². The largest absolute Gasteiger partial charge is 0.391 e. The minimum absolute atomic E-state index is 0.0272. The Morgan fingerprint density at radius 2 is 1.73 bits per heavy atom. The van der Waals surface area contributed by atoms with Crippen molar-refractivity contribution in [1.82, 2.24) is 5.32 Å². The average molecular weight is 211 g/mol. The number of nitrogens with one attached hydrogen (secondary N) is 1. The zero-order valence-corrected chi connectivity index (χ0v) is 9.24. The number of carbonyl (C=O) groups is 1. The fourth-order valence-electron chi connectivity index (χ4n) is 2.77. The molecule has 0 radical (unpaired) electrons. The number of aliphatic hydroxyl groups is 1. The van der Waals surface area contributed by atoms with Crippen molar-refractivity contribution in [2.45, 2.75) is 63.5 Å². The van der Waals surface area contributed by atoms with Crippen LogP contribution in [0.15, 0.2) is 0 Å². The molecule has 3 nitrogen and oxygen atoms in total. The van der Waals surface area contributed by atoms with Crippen LogP contribution in [-0.2, 0) is 4.79 Å². The molecular formula is C12H21NO2. The normalized spacial score (nSPS) is 32.9. The molecule has 0 bridgehead atoms. The average Bonchev–Trinajstić information content (AvgIpc) is 2.66. The van der Waals surface area contributed by atoms with E-state index in [-0.39, 0.29) is 24.0 Å². The first-order chi connectivity index (χ1) is 7.27. The zero-order valence-electron chi connectivity index (χ0n) is 9.24. The molecule has 0 heterocycles. The first-order valence-electron chi connectivity index (χ1n) is 6.26. The minimum atomic E-state index is -0.308. The van der Waals surface area contributed by atoms with Crippen molar-refractivity contribution in [3.63, 3.8) is 0 Å². The van der Waals surface area contributed by atoms with Crippen molar-refractivity contribution < 1.29 is 9.90 Å². The summed E-state index contributed by atoms with van der Waals surface area (Å²) in [5.74, 6) is 0.396. The third-order valence-electron chi connectivity index (χ3n) is 3.78. The number of rotatable bonds is 2. The molecule has 2 fully saturated rings. The molecule has 3 heteroatoms. The quantitative estimate of drug-likeness (QED) is 0.729. The number of carbonyl (C=O) groups excluding carboxylic acids is 1. The molecule has 0 saturated heterocycles. The lowest BCUT2D eigenvalue weighted by Crippen LogP contribution is -2.43. The Hall–Kier alpha value is -0.570. The topological polar surface area (TPSA) is 49.3 Å². The maximum Gasteiger partial charge on any atom is 0.223 e. The van der Waals surface area contributed by atoms with E-state index >= 15 is 0 Å². The van der Waals surface area contributed by atoms with Gasteiger partial charge in [-0.25, -0.2) is 0 Å². The second-order valence-corrected chi connectivity index (χ2v) is 4.95. The molecule has 1 amide bonds. The third kappa shape index (κ3) is 2.71. The van der Waals surface area contributed by atoms with Crippen LogP contribution in [0, 0.1) is 5.92 Å². The van der Waals surface area contributed by atoms with Gasteiger partial charge in [0.2, 0.25) is 5.91 Å². The Kier molecular flexibility index (Phi) is 3.62. The molecule has 0 aromatic heterocycles. The van der Waals surface area contributed by atoms with E-state index in [0.717, 1.165) is 32.1 Å². The van der Waals surface area contributed by atoms with Gasteiger partial charge in [0.15, 0.2) is 0 Å². The van der Waals surface area contributed by atoms with Gasteiger partial charge in [0, 0.05) is 5.92 Å². The molecule has 2 N–H and O–H groups in total. The van der Waals surface area contributed by atoms with Crippen molar-refractivity contribution in [3.8, 4) is 0 Å². The Bertz CT molecular complexity index is 224. The smallest absolute Gasteiger partial charge is 0.223 e. The van der Waals surface area contributed by atoms with Crippen molar-refractivity contribution in [1.29, 1.82) is 0 Å². The summed E-state index contributed by atoms with van der Waals surface area (Å²) in [7, 11) is 0. The summed E-state index contributed by atoms with van der Waals surface area (Å²) in [5, 5.41) is 12.6. The molecule has 2 aliphatic rings. The van der Waals surface area contributed by atoms with Crippen LogP contribution in [0.2, 0.25) is 0 Å². The molecule has 0 aliphatic heterocycles. The Morgan fingerprint density at radius 3 is 2.33 bits per heavy atom. The summed E-state index contributed by atoms with van der Waals surface area (Å²) >= 11 is 0. The molecule has 0 aromatic rings. The van der Waals surface area contributed by atoms with E-state index in [9.17, 15) is 9.90 Å². The highest BCUT2D eigenvalue weighted by atomic mass is 16.3. The molecule has 2 atom stereocenters. The van der Waals surface area contributed by atoms with Crippen LogP contribution in [-0.4, -0.2) is 23.2 Å². The zero-order chi connectivity index (χ0) is 10.7. The molecule has 2 aliphatic carbocycles. The minimum Gasteiger partial charge on any atom is -0.391 e. The predicted molar refractivity (Wildman–Crippen MR) is 58.4 cm³/mol. The van der Waals surface area contributed by atoms with Crippen LogP contribution in [0.25, 0.3) is 0 Å². The van der Waals surface area contributed by atoms with Gasteiger partial charge in [0.05, 0.1) is 12.1 Å². The Labute approximate surface area is 91.2 Å². The van der Waals surface area contributed by atoms with Gasteiger partial charge in [0.25, 0.3) is 0 Å². The van der Waals surface area contributed by atoms with Crippen molar-refractivity contribution in [3.05, 3.63) is 0 Å². The van der Waals surface area contributed by atoms with Crippen molar-refractivity contribution in [2.24, 2.45) is 5.92 Å². The summed E-state index contributed by atoms with van der Waals surface area (Å²) in [6, 6.07) is 0.0272. The van der Waals surface area contributed by atoms with Crippen LogP contribution in [0.3, 0.4) is 0 Å². The van der Waals surface area contributed by atoms with Gasteiger partial charge in [-0.3, -0.25) is 4.79 Å². The summed E-state index contributed by atoms with van der Waals surface area (Å²) in [6.07, 6.45) is 8.24. The monoisotopic (exact) mass is 211 g/mol. The van der Waals surface area contributed by atoms with Gasteiger partial charge in [-0.2, -0.15) is 0 Å². The summed E-state index contributed by atoms with van der Waals surface area (Å²) in [5.41, 5.74) is 0. The van der Waals surface area contributed by atoms with Crippen molar-refractivity contribution in [2.75, 3.05) is 0 Å². The molecule has 2 rings (SSSR count). The maximum absolute atomic E-state index is 11.9. The molecule has 2 saturated carbocycles. The first kappa shape index (κ1) is 10.9. The maximum atomic E-state index is 11.9. The van der Waals surface area contributed by atoms with Gasteiger partial charge >= 0.3 is 0 Å². The lowest BCUT2D eigenvalue weighted by molar-refractivity contribution is -0.127. The Balaban J connectivity index is 1.80. The number of amides is 1. The second-order valence-electron chi connectivity index (χ2n) is 4.95. The molecule has 2 unspecified atom stereocenters. The fourth-order valence-corrected chi connectivity index (χ4v) is 2.77. The third-order valence-corrected chi connectivity index (χ3v) is 3.78. The highest BCUT2D eigenvalue weighted by Crippen LogP contribution is 2.25. The lowest BCUT2D eigenvalue weighted by atomic mass is 9.88. The molecule has 0 spiro atoms.